The third kappa shape index (κ3) is 5.62. The molecule has 1 fully saturated rings. The molecule has 0 bridgehead atoms. The quantitative estimate of drug-likeness (QED) is 0.510. The molecule has 0 aromatic rings. The Hall–Kier alpha value is -1.06. The van der Waals surface area contributed by atoms with Crippen LogP contribution >= 0.6 is 0 Å². The van der Waals surface area contributed by atoms with Gasteiger partial charge >= 0.3 is 11.9 Å². The molecular formula is C18H32O4. The molecule has 1 aliphatic rings. The lowest BCUT2D eigenvalue weighted by Gasteiger charge is -2.36. The molecule has 0 saturated heterocycles. The number of esters is 1. The van der Waals surface area contributed by atoms with E-state index in [0.717, 1.165) is 19.3 Å². The summed E-state index contributed by atoms with van der Waals surface area (Å²) in [5.74, 6) is -1.86. The molecule has 1 N–H and O–H groups in total. The Balaban J connectivity index is 2.35. The van der Waals surface area contributed by atoms with E-state index in [0.29, 0.717) is 18.9 Å². The third-order valence-electron chi connectivity index (χ3n) is 5.16. The molecule has 0 aliphatic heterocycles. The average Bonchev–Trinajstić information content (AvgIpc) is 2.48. The van der Waals surface area contributed by atoms with Crippen molar-refractivity contribution in [3.8, 4) is 0 Å². The van der Waals surface area contributed by atoms with E-state index in [9.17, 15) is 14.7 Å². The lowest BCUT2D eigenvalue weighted by molar-refractivity contribution is -0.163. The summed E-state index contributed by atoms with van der Waals surface area (Å²) in [5, 5.41) is 9.43. The van der Waals surface area contributed by atoms with E-state index in [1.54, 1.807) is 0 Å². The van der Waals surface area contributed by atoms with Gasteiger partial charge in [-0.2, -0.15) is 0 Å². The maximum absolute atomic E-state index is 12.2. The minimum absolute atomic E-state index is 0.0258. The number of hydrogen-bond acceptors (Lipinski definition) is 3. The van der Waals surface area contributed by atoms with E-state index in [1.807, 2.05) is 6.92 Å². The van der Waals surface area contributed by atoms with Crippen LogP contribution in [-0.2, 0) is 14.3 Å². The number of rotatable bonds is 9. The average molecular weight is 312 g/mol. The molecular weight excluding hydrogens is 280 g/mol. The van der Waals surface area contributed by atoms with Crippen molar-refractivity contribution in [3.05, 3.63) is 0 Å². The van der Waals surface area contributed by atoms with Crippen LogP contribution in [0.3, 0.4) is 0 Å². The molecule has 0 heterocycles. The fourth-order valence-corrected chi connectivity index (χ4v) is 3.43. The number of carbonyl (C=O) groups excluding carboxylic acids is 1. The molecule has 0 radical (unpaired) electrons. The Bertz CT molecular complexity index is 353. The number of hydrogen-bond donors (Lipinski definition) is 1. The first-order valence-electron chi connectivity index (χ1n) is 8.88. The molecule has 1 rings (SSSR count). The van der Waals surface area contributed by atoms with Gasteiger partial charge in [-0.3, -0.25) is 9.59 Å². The largest absolute Gasteiger partial charge is 0.481 e. The van der Waals surface area contributed by atoms with Crippen LogP contribution in [0, 0.1) is 23.7 Å². The maximum atomic E-state index is 12.2. The smallest absolute Gasteiger partial charge is 0.309 e. The SMILES string of the molecule is CCCCCCCCOC(=O)C1CCC(C)C(C)C1C(=O)O. The topological polar surface area (TPSA) is 63.6 Å². The standard InChI is InChI=1S/C18H32O4/c1-4-5-6-7-8-9-12-22-18(21)15-11-10-13(2)14(3)16(15)17(19)20/h13-16H,4-12H2,1-3H3,(H,19,20). The zero-order valence-corrected chi connectivity index (χ0v) is 14.3. The van der Waals surface area contributed by atoms with Gasteiger partial charge in [0.25, 0.3) is 0 Å². The van der Waals surface area contributed by atoms with Crippen molar-refractivity contribution in [2.24, 2.45) is 23.7 Å². The zero-order valence-electron chi connectivity index (χ0n) is 14.3. The minimum Gasteiger partial charge on any atom is -0.481 e. The van der Waals surface area contributed by atoms with Crippen LogP contribution in [-0.4, -0.2) is 23.7 Å². The predicted octanol–water partition coefficient (Wildman–Crippen LogP) is 4.27. The molecule has 22 heavy (non-hydrogen) atoms. The van der Waals surface area contributed by atoms with Gasteiger partial charge in [0.05, 0.1) is 18.4 Å². The Morgan fingerprint density at radius 1 is 1.05 bits per heavy atom. The summed E-state index contributed by atoms with van der Waals surface area (Å²) in [6.07, 6.45) is 8.41. The molecule has 0 aromatic carbocycles. The Kier molecular flexibility index (Phi) is 8.51. The number of ether oxygens (including phenoxy) is 1. The van der Waals surface area contributed by atoms with Crippen LogP contribution < -0.4 is 0 Å². The summed E-state index contributed by atoms with van der Waals surface area (Å²) >= 11 is 0. The second-order valence-electron chi connectivity index (χ2n) is 6.82. The normalized spacial score (nSPS) is 28.3. The van der Waals surface area contributed by atoms with Gasteiger partial charge in [-0.25, -0.2) is 0 Å². The second-order valence-corrected chi connectivity index (χ2v) is 6.82. The predicted molar refractivity (Wildman–Crippen MR) is 86.5 cm³/mol. The molecule has 4 heteroatoms. The van der Waals surface area contributed by atoms with Gasteiger partial charge in [-0.15, -0.1) is 0 Å². The number of carboxylic acid groups (broad SMARTS) is 1. The molecule has 0 spiro atoms. The summed E-state index contributed by atoms with van der Waals surface area (Å²) in [6, 6.07) is 0. The van der Waals surface area contributed by atoms with Crippen molar-refractivity contribution in [3.63, 3.8) is 0 Å². The third-order valence-corrected chi connectivity index (χ3v) is 5.16. The van der Waals surface area contributed by atoms with E-state index >= 15 is 0 Å². The zero-order chi connectivity index (χ0) is 16.5. The first-order valence-corrected chi connectivity index (χ1v) is 8.88. The minimum atomic E-state index is -0.861. The van der Waals surface area contributed by atoms with Gasteiger partial charge < -0.3 is 9.84 Å². The summed E-state index contributed by atoms with van der Waals surface area (Å²) in [6.45, 7) is 6.62. The monoisotopic (exact) mass is 312 g/mol. The Labute approximate surface area is 134 Å². The van der Waals surface area contributed by atoms with Crippen LogP contribution in [0.4, 0.5) is 0 Å². The molecule has 4 atom stereocenters. The maximum Gasteiger partial charge on any atom is 0.309 e. The van der Waals surface area contributed by atoms with Crippen LogP contribution in [0.15, 0.2) is 0 Å². The van der Waals surface area contributed by atoms with E-state index in [2.05, 4.69) is 13.8 Å². The van der Waals surface area contributed by atoms with E-state index in [-0.39, 0.29) is 11.9 Å². The molecule has 4 nitrogen and oxygen atoms in total. The molecule has 1 saturated carbocycles. The molecule has 4 unspecified atom stereocenters. The summed E-state index contributed by atoms with van der Waals surface area (Å²) < 4.78 is 5.35. The van der Waals surface area contributed by atoms with Crippen molar-refractivity contribution < 1.29 is 19.4 Å². The molecule has 0 aromatic heterocycles. The van der Waals surface area contributed by atoms with Gasteiger partial charge in [0.1, 0.15) is 0 Å². The van der Waals surface area contributed by atoms with Crippen molar-refractivity contribution >= 4 is 11.9 Å². The summed E-state index contributed by atoms with van der Waals surface area (Å²) in [7, 11) is 0. The van der Waals surface area contributed by atoms with Crippen molar-refractivity contribution in [1.82, 2.24) is 0 Å². The highest BCUT2D eigenvalue weighted by molar-refractivity contribution is 5.81. The first kappa shape index (κ1) is 19.0. The highest BCUT2D eigenvalue weighted by Crippen LogP contribution is 2.39. The number of unbranched alkanes of at least 4 members (excludes halogenated alkanes) is 5. The highest BCUT2D eigenvalue weighted by Gasteiger charge is 2.43. The summed E-state index contributed by atoms with van der Waals surface area (Å²) in [5.41, 5.74) is 0. The molecule has 1 aliphatic carbocycles. The Morgan fingerprint density at radius 3 is 2.32 bits per heavy atom. The fraction of sp³-hybridized carbons (Fsp3) is 0.889. The van der Waals surface area contributed by atoms with Crippen molar-refractivity contribution in [2.45, 2.75) is 72.1 Å². The fourth-order valence-electron chi connectivity index (χ4n) is 3.43. The van der Waals surface area contributed by atoms with Gasteiger partial charge in [-0.05, 0) is 31.1 Å². The van der Waals surface area contributed by atoms with Crippen LogP contribution in [0.1, 0.15) is 72.1 Å². The van der Waals surface area contributed by atoms with Gasteiger partial charge in [0.2, 0.25) is 0 Å². The molecule has 128 valence electrons. The lowest BCUT2D eigenvalue weighted by atomic mass is 9.68. The number of carbonyl (C=O) groups is 2. The van der Waals surface area contributed by atoms with E-state index < -0.39 is 17.8 Å². The highest BCUT2D eigenvalue weighted by atomic mass is 16.5. The second kappa shape index (κ2) is 9.86. The van der Waals surface area contributed by atoms with Crippen LogP contribution in [0.25, 0.3) is 0 Å². The number of carboxylic acids is 1. The first-order chi connectivity index (χ1) is 10.5. The van der Waals surface area contributed by atoms with Crippen LogP contribution in [0.2, 0.25) is 0 Å². The van der Waals surface area contributed by atoms with Gasteiger partial charge in [0, 0.05) is 0 Å². The van der Waals surface area contributed by atoms with Crippen molar-refractivity contribution in [1.29, 1.82) is 0 Å². The van der Waals surface area contributed by atoms with Gasteiger partial charge in [-0.1, -0.05) is 52.9 Å². The van der Waals surface area contributed by atoms with Crippen LogP contribution in [0.5, 0.6) is 0 Å². The van der Waals surface area contributed by atoms with Crippen molar-refractivity contribution in [2.75, 3.05) is 6.61 Å². The van der Waals surface area contributed by atoms with E-state index in [1.165, 1.54) is 25.7 Å². The Morgan fingerprint density at radius 2 is 1.68 bits per heavy atom. The summed E-state index contributed by atoms with van der Waals surface area (Å²) in [4.78, 5) is 23.7. The lowest BCUT2D eigenvalue weighted by Crippen LogP contribution is -2.41. The number of aliphatic carboxylic acids is 1. The molecule has 0 amide bonds. The van der Waals surface area contributed by atoms with E-state index in [4.69, 9.17) is 4.74 Å². The van der Waals surface area contributed by atoms with Gasteiger partial charge in [0.15, 0.2) is 0 Å².